The van der Waals surface area contributed by atoms with Gasteiger partial charge in [0.15, 0.2) is 0 Å². The number of carbonyl (C=O) groups excluding carboxylic acids is 2. The van der Waals surface area contributed by atoms with Gasteiger partial charge < -0.3 is 10.6 Å². The Labute approximate surface area is 168 Å². The zero-order chi connectivity index (χ0) is 20.5. The Bertz CT molecular complexity index is 759. The van der Waals surface area contributed by atoms with E-state index in [-0.39, 0.29) is 23.9 Å². The molecule has 0 radical (unpaired) electrons. The van der Waals surface area contributed by atoms with Crippen LogP contribution in [0.25, 0.3) is 0 Å². The Morgan fingerprint density at radius 3 is 2.25 bits per heavy atom. The van der Waals surface area contributed by atoms with E-state index >= 15 is 0 Å². The molecule has 0 saturated heterocycles. The molecule has 0 spiro atoms. The zero-order valence-electron chi connectivity index (χ0n) is 17.2. The number of nitrogens with one attached hydrogen (secondary N) is 2. The summed E-state index contributed by atoms with van der Waals surface area (Å²) in [5.74, 6) is -0.0812. The highest BCUT2D eigenvalue weighted by Crippen LogP contribution is 2.19. The van der Waals surface area contributed by atoms with E-state index in [1.54, 1.807) is 19.2 Å². The van der Waals surface area contributed by atoms with E-state index < -0.39 is 0 Å². The predicted molar refractivity (Wildman–Crippen MR) is 113 cm³/mol. The van der Waals surface area contributed by atoms with Gasteiger partial charge in [-0.25, -0.2) is 0 Å². The lowest BCUT2D eigenvalue weighted by Crippen LogP contribution is -2.44. The van der Waals surface area contributed by atoms with Crippen LogP contribution >= 0.6 is 0 Å². The standard InChI is InChI=1S/C23H31N3O2/c1-5-9-21(19-10-7-6-8-11-19)25-22(27)17(2)26(4)16-18-12-14-20(15-13-18)23(28)24-3/h6-8,10-15,17,21H,5,9,16H2,1-4H3,(H,24,28)(H,25,27)/t17-,21-/m1/s1. The number of carbonyl (C=O) groups is 2. The number of nitrogens with zero attached hydrogens (tertiary/aromatic N) is 1. The number of benzene rings is 2. The van der Waals surface area contributed by atoms with Crippen molar-refractivity contribution in [3.63, 3.8) is 0 Å². The summed E-state index contributed by atoms with van der Waals surface area (Å²) in [6, 6.07) is 17.3. The van der Waals surface area contributed by atoms with Crippen molar-refractivity contribution >= 4 is 11.8 Å². The molecule has 28 heavy (non-hydrogen) atoms. The largest absolute Gasteiger partial charge is 0.355 e. The van der Waals surface area contributed by atoms with E-state index in [0.717, 1.165) is 24.0 Å². The molecule has 2 rings (SSSR count). The fraction of sp³-hybridized carbons (Fsp3) is 0.391. The topological polar surface area (TPSA) is 61.4 Å². The van der Waals surface area contributed by atoms with Gasteiger partial charge in [-0.2, -0.15) is 0 Å². The Morgan fingerprint density at radius 2 is 1.68 bits per heavy atom. The van der Waals surface area contributed by atoms with E-state index in [4.69, 9.17) is 0 Å². The third-order valence-corrected chi connectivity index (χ3v) is 5.01. The van der Waals surface area contributed by atoms with Crippen molar-refractivity contribution < 1.29 is 9.59 Å². The third kappa shape index (κ3) is 5.92. The molecule has 2 aromatic carbocycles. The van der Waals surface area contributed by atoms with E-state index in [9.17, 15) is 9.59 Å². The predicted octanol–water partition coefficient (Wildman–Crippen LogP) is 3.52. The number of rotatable bonds is 9. The summed E-state index contributed by atoms with van der Waals surface area (Å²) in [5, 5.41) is 5.81. The van der Waals surface area contributed by atoms with Gasteiger partial charge in [0, 0.05) is 19.2 Å². The second kappa shape index (κ2) is 10.6. The summed E-state index contributed by atoms with van der Waals surface area (Å²) in [4.78, 5) is 26.5. The van der Waals surface area contributed by atoms with Gasteiger partial charge in [-0.05, 0) is 43.7 Å². The van der Waals surface area contributed by atoms with Gasteiger partial charge in [0.25, 0.3) is 5.91 Å². The minimum Gasteiger partial charge on any atom is -0.355 e. The molecule has 2 aromatic rings. The molecule has 0 saturated carbocycles. The number of likely N-dealkylation sites (N-methyl/N-ethyl adjacent to an activating group) is 1. The molecule has 2 atom stereocenters. The van der Waals surface area contributed by atoms with Crippen LogP contribution in [0.3, 0.4) is 0 Å². The van der Waals surface area contributed by atoms with Crippen molar-refractivity contribution in [3.8, 4) is 0 Å². The summed E-state index contributed by atoms with van der Waals surface area (Å²) < 4.78 is 0. The van der Waals surface area contributed by atoms with E-state index in [1.807, 2.05) is 49.2 Å². The molecule has 0 heterocycles. The maximum Gasteiger partial charge on any atom is 0.251 e. The lowest BCUT2D eigenvalue weighted by atomic mass is 10.0. The number of hydrogen-bond donors (Lipinski definition) is 2. The molecule has 0 aliphatic carbocycles. The van der Waals surface area contributed by atoms with Gasteiger partial charge in [0.05, 0.1) is 12.1 Å². The molecule has 150 valence electrons. The van der Waals surface area contributed by atoms with Crippen LogP contribution in [-0.4, -0.2) is 36.9 Å². The van der Waals surface area contributed by atoms with Crippen LogP contribution in [0.15, 0.2) is 54.6 Å². The average Bonchev–Trinajstić information content (AvgIpc) is 2.73. The van der Waals surface area contributed by atoms with Crippen molar-refractivity contribution in [3.05, 3.63) is 71.3 Å². The van der Waals surface area contributed by atoms with Crippen molar-refractivity contribution in [1.82, 2.24) is 15.5 Å². The van der Waals surface area contributed by atoms with Crippen LogP contribution in [-0.2, 0) is 11.3 Å². The first kappa shape index (κ1) is 21.6. The molecule has 0 unspecified atom stereocenters. The van der Waals surface area contributed by atoms with Gasteiger partial charge in [-0.3, -0.25) is 14.5 Å². The van der Waals surface area contributed by atoms with E-state index in [0.29, 0.717) is 12.1 Å². The van der Waals surface area contributed by atoms with Gasteiger partial charge in [-0.1, -0.05) is 55.8 Å². The first-order valence-corrected chi connectivity index (χ1v) is 9.82. The van der Waals surface area contributed by atoms with Gasteiger partial charge >= 0.3 is 0 Å². The van der Waals surface area contributed by atoms with Crippen LogP contribution in [0.1, 0.15) is 54.2 Å². The Kier molecular flexibility index (Phi) is 8.20. The zero-order valence-corrected chi connectivity index (χ0v) is 17.2. The molecule has 0 fully saturated rings. The maximum atomic E-state index is 12.8. The third-order valence-electron chi connectivity index (χ3n) is 5.01. The molecule has 0 bridgehead atoms. The highest BCUT2D eigenvalue weighted by molar-refractivity contribution is 5.93. The fourth-order valence-corrected chi connectivity index (χ4v) is 3.12. The van der Waals surface area contributed by atoms with Gasteiger partial charge in [0.1, 0.15) is 0 Å². The number of amides is 2. The maximum absolute atomic E-state index is 12.8. The smallest absolute Gasteiger partial charge is 0.251 e. The van der Waals surface area contributed by atoms with Gasteiger partial charge in [0.2, 0.25) is 5.91 Å². The highest BCUT2D eigenvalue weighted by Gasteiger charge is 2.21. The average molecular weight is 382 g/mol. The number of hydrogen-bond acceptors (Lipinski definition) is 3. The van der Waals surface area contributed by atoms with E-state index in [2.05, 4.69) is 29.7 Å². The van der Waals surface area contributed by atoms with Crippen LogP contribution in [0, 0.1) is 0 Å². The van der Waals surface area contributed by atoms with Gasteiger partial charge in [-0.15, -0.1) is 0 Å². The quantitative estimate of drug-likeness (QED) is 0.699. The Hall–Kier alpha value is -2.66. The lowest BCUT2D eigenvalue weighted by molar-refractivity contribution is -0.126. The second-order valence-corrected chi connectivity index (χ2v) is 7.13. The first-order valence-electron chi connectivity index (χ1n) is 9.82. The fourth-order valence-electron chi connectivity index (χ4n) is 3.12. The summed E-state index contributed by atoms with van der Waals surface area (Å²) in [7, 11) is 3.56. The molecular formula is C23H31N3O2. The first-order chi connectivity index (χ1) is 13.5. The van der Waals surface area contributed by atoms with Crippen molar-refractivity contribution in [1.29, 1.82) is 0 Å². The van der Waals surface area contributed by atoms with Crippen LogP contribution in [0.5, 0.6) is 0 Å². The Morgan fingerprint density at radius 1 is 1.04 bits per heavy atom. The normalized spacial score (nSPS) is 13.0. The van der Waals surface area contributed by atoms with Crippen LogP contribution in [0.2, 0.25) is 0 Å². The molecule has 2 N–H and O–H groups in total. The monoisotopic (exact) mass is 381 g/mol. The van der Waals surface area contributed by atoms with Crippen molar-refractivity contribution in [2.75, 3.05) is 14.1 Å². The molecule has 0 aromatic heterocycles. The summed E-state index contributed by atoms with van der Waals surface area (Å²) in [5.41, 5.74) is 2.82. The SMILES string of the molecule is CCC[C@@H](NC(=O)[C@@H](C)N(C)Cc1ccc(C(=O)NC)cc1)c1ccccc1. The second-order valence-electron chi connectivity index (χ2n) is 7.13. The highest BCUT2D eigenvalue weighted by atomic mass is 16.2. The molecule has 2 amide bonds. The lowest BCUT2D eigenvalue weighted by Gasteiger charge is -2.27. The summed E-state index contributed by atoms with van der Waals surface area (Å²) in [6.45, 7) is 4.68. The Balaban J connectivity index is 1.98. The molecular weight excluding hydrogens is 350 g/mol. The van der Waals surface area contributed by atoms with Crippen LogP contribution < -0.4 is 10.6 Å². The van der Waals surface area contributed by atoms with Crippen LogP contribution in [0.4, 0.5) is 0 Å². The van der Waals surface area contributed by atoms with E-state index in [1.165, 1.54) is 0 Å². The molecule has 0 aliphatic heterocycles. The van der Waals surface area contributed by atoms with Crippen molar-refractivity contribution in [2.24, 2.45) is 0 Å². The molecule has 5 heteroatoms. The summed E-state index contributed by atoms with van der Waals surface area (Å²) >= 11 is 0. The minimum absolute atomic E-state index is 0.0202. The molecule has 5 nitrogen and oxygen atoms in total. The molecule has 0 aliphatic rings. The minimum atomic E-state index is -0.262. The van der Waals surface area contributed by atoms with Crippen molar-refractivity contribution in [2.45, 2.75) is 45.3 Å². The summed E-state index contributed by atoms with van der Waals surface area (Å²) in [6.07, 6.45) is 1.91.